The van der Waals surface area contributed by atoms with E-state index in [1.807, 2.05) is 12.1 Å². The molecule has 3 heterocycles. The van der Waals surface area contributed by atoms with Gasteiger partial charge in [-0.2, -0.15) is 0 Å². The Balaban J connectivity index is 1.16. The van der Waals surface area contributed by atoms with Gasteiger partial charge in [0.2, 0.25) is 5.91 Å². The molecule has 0 aromatic heterocycles. The number of para-hydroxylation sites is 1. The van der Waals surface area contributed by atoms with Crippen molar-refractivity contribution < 1.29 is 9.18 Å². The molecule has 3 aromatic rings. The third-order valence-electron chi connectivity index (χ3n) is 8.64. The van der Waals surface area contributed by atoms with Gasteiger partial charge in [0.1, 0.15) is 5.82 Å². The van der Waals surface area contributed by atoms with Crippen LogP contribution in [-0.4, -0.2) is 54.5 Å². The number of rotatable bonds is 5. The topological polar surface area (TPSA) is 26.8 Å². The summed E-state index contributed by atoms with van der Waals surface area (Å²) in [7, 11) is 0. The summed E-state index contributed by atoms with van der Waals surface area (Å²) in [6.07, 6.45) is 4.07. The van der Waals surface area contributed by atoms with E-state index < -0.39 is 0 Å². The number of nitrogens with zero attached hydrogens (tertiary/aromatic N) is 3. The summed E-state index contributed by atoms with van der Waals surface area (Å²) in [5, 5.41) is 0. The second-order valence-electron chi connectivity index (χ2n) is 11.0. The average Bonchev–Trinajstić information content (AvgIpc) is 2.94. The van der Waals surface area contributed by atoms with Gasteiger partial charge in [0.15, 0.2) is 0 Å². The van der Waals surface area contributed by atoms with Gasteiger partial charge in [-0.3, -0.25) is 9.69 Å². The largest absolute Gasteiger partial charge is 0.365 e. The van der Waals surface area contributed by atoms with Crippen molar-refractivity contribution in [3.05, 3.63) is 101 Å². The zero-order valence-corrected chi connectivity index (χ0v) is 21.4. The van der Waals surface area contributed by atoms with Crippen molar-refractivity contribution in [3.63, 3.8) is 0 Å². The van der Waals surface area contributed by atoms with Gasteiger partial charge in [0.25, 0.3) is 0 Å². The molecule has 2 saturated heterocycles. The maximum atomic E-state index is 14.0. The molecule has 3 aliphatic rings. The molecule has 2 fully saturated rings. The van der Waals surface area contributed by atoms with E-state index in [-0.39, 0.29) is 17.8 Å². The summed E-state index contributed by atoms with van der Waals surface area (Å²) in [5.74, 6) is 0.745. The number of hydrogen-bond donors (Lipinski definition) is 0. The van der Waals surface area contributed by atoms with E-state index in [2.05, 4.69) is 69.3 Å². The molecule has 0 aliphatic carbocycles. The van der Waals surface area contributed by atoms with Crippen molar-refractivity contribution in [1.29, 1.82) is 0 Å². The molecule has 192 valence electrons. The molecule has 37 heavy (non-hydrogen) atoms. The molecule has 3 aliphatic heterocycles. The molecular formula is C32H36FN3O. The SMILES string of the molecule is O=C(C1Cc2ccccc2N2CCN(Cc3ccc(F)cc3)CC12)N1CCC(Cc2ccccc2)CC1. The van der Waals surface area contributed by atoms with E-state index in [0.29, 0.717) is 11.8 Å². The number of carbonyl (C=O) groups excluding carboxylic acids is 1. The van der Waals surface area contributed by atoms with Crippen LogP contribution in [0, 0.1) is 17.7 Å². The van der Waals surface area contributed by atoms with E-state index in [0.717, 1.165) is 70.5 Å². The predicted octanol–water partition coefficient (Wildman–Crippen LogP) is 5.17. The highest BCUT2D eigenvalue weighted by Crippen LogP contribution is 2.37. The van der Waals surface area contributed by atoms with Gasteiger partial charge in [-0.05, 0) is 66.5 Å². The molecule has 0 saturated carbocycles. The molecule has 0 bridgehead atoms. The predicted molar refractivity (Wildman–Crippen MR) is 146 cm³/mol. The highest BCUT2D eigenvalue weighted by atomic mass is 19.1. The summed E-state index contributed by atoms with van der Waals surface area (Å²) < 4.78 is 13.4. The molecule has 3 aromatic carbocycles. The zero-order chi connectivity index (χ0) is 25.2. The molecule has 0 N–H and O–H groups in total. The van der Waals surface area contributed by atoms with Gasteiger partial charge in [-0.25, -0.2) is 4.39 Å². The minimum atomic E-state index is -0.198. The summed E-state index contributed by atoms with van der Waals surface area (Å²) >= 11 is 0. The lowest BCUT2D eigenvalue weighted by molar-refractivity contribution is -0.138. The minimum Gasteiger partial charge on any atom is -0.365 e. The van der Waals surface area contributed by atoms with Crippen molar-refractivity contribution >= 4 is 11.6 Å². The smallest absolute Gasteiger partial charge is 0.228 e. The van der Waals surface area contributed by atoms with Crippen LogP contribution in [0.25, 0.3) is 0 Å². The summed E-state index contributed by atoms with van der Waals surface area (Å²) in [6, 6.07) is 26.3. The number of piperazine rings is 1. The summed E-state index contributed by atoms with van der Waals surface area (Å²) in [6.45, 7) is 5.21. The summed E-state index contributed by atoms with van der Waals surface area (Å²) in [4.78, 5) is 21.1. The Morgan fingerprint density at radius 2 is 1.54 bits per heavy atom. The van der Waals surface area contributed by atoms with Crippen LogP contribution in [0.4, 0.5) is 10.1 Å². The second-order valence-corrected chi connectivity index (χ2v) is 11.0. The number of halogens is 1. The fraction of sp³-hybridized carbons (Fsp3) is 0.406. The molecule has 0 spiro atoms. The quantitative estimate of drug-likeness (QED) is 0.487. The monoisotopic (exact) mass is 497 g/mol. The number of benzene rings is 3. The first kappa shape index (κ1) is 24.2. The highest BCUT2D eigenvalue weighted by molar-refractivity contribution is 5.82. The zero-order valence-electron chi connectivity index (χ0n) is 21.4. The van der Waals surface area contributed by atoms with Gasteiger partial charge < -0.3 is 9.80 Å². The molecular weight excluding hydrogens is 461 g/mol. The number of carbonyl (C=O) groups is 1. The molecule has 5 heteroatoms. The van der Waals surface area contributed by atoms with Crippen molar-refractivity contribution in [2.45, 2.75) is 38.3 Å². The molecule has 4 nitrogen and oxygen atoms in total. The number of amides is 1. The van der Waals surface area contributed by atoms with E-state index >= 15 is 0 Å². The van der Waals surface area contributed by atoms with Crippen molar-refractivity contribution in [2.24, 2.45) is 11.8 Å². The van der Waals surface area contributed by atoms with E-state index in [1.165, 1.54) is 28.9 Å². The van der Waals surface area contributed by atoms with Crippen LogP contribution < -0.4 is 4.90 Å². The average molecular weight is 498 g/mol. The van der Waals surface area contributed by atoms with Crippen LogP contribution >= 0.6 is 0 Å². The Morgan fingerprint density at radius 3 is 2.32 bits per heavy atom. The highest BCUT2D eigenvalue weighted by Gasteiger charge is 2.43. The maximum absolute atomic E-state index is 14.0. The van der Waals surface area contributed by atoms with Crippen LogP contribution in [0.3, 0.4) is 0 Å². The van der Waals surface area contributed by atoms with Crippen LogP contribution in [0.15, 0.2) is 78.9 Å². The number of likely N-dealkylation sites (tertiary alicyclic amines) is 1. The Kier molecular flexibility index (Phi) is 6.97. The van der Waals surface area contributed by atoms with Gasteiger partial charge in [-0.1, -0.05) is 60.7 Å². The molecule has 6 rings (SSSR count). The normalized spacial score (nSPS) is 22.4. The lowest BCUT2D eigenvalue weighted by Gasteiger charge is -2.50. The third-order valence-corrected chi connectivity index (χ3v) is 8.64. The van der Waals surface area contributed by atoms with E-state index in [1.54, 1.807) is 0 Å². The Bertz CT molecular complexity index is 1210. The molecule has 2 unspecified atom stereocenters. The first-order valence-corrected chi connectivity index (χ1v) is 13.8. The van der Waals surface area contributed by atoms with Gasteiger partial charge in [0, 0.05) is 45.0 Å². The van der Waals surface area contributed by atoms with E-state index in [4.69, 9.17) is 0 Å². The molecule has 2 atom stereocenters. The third kappa shape index (κ3) is 5.28. The second kappa shape index (κ2) is 10.7. The number of anilines is 1. The first-order valence-electron chi connectivity index (χ1n) is 13.8. The van der Waals surface area contributed by atoms with Crippen LogP contribution in [0.1, 0.15) is 29.5 Å². The van der Waals surface area contributed by atoms with Crippen molar-refractivity contribution in [1.82, 2.24) is 9.80 Å². The fourth-order valence-corrected chi connectivity index (χ4v) is 6.63. The lowest BCUT2D eigenvalue weighted by atomic mass is 9.82. The van der Waals surface area contributed by atoms with Crippen molar-refractivity contribution in [3.8, 4) is 0 Å². The number of fused-ring (bicyclic) bond motifs is 3. The molecule has 1 amide bonds. The van der Waals surface area contributed by atoms with Crippen LogP contribution in [0.5, 0.6) is 0 Å². The molecule has 0 radical (unpaired) electrons. The van der Waals surface area contributed by atoms with Gasteiger partial charge in [-0.15, -0.1) is 0 Å². The summed E-state index contributed by atoms with van der Waals surface area (Å²) in [5.41, 5.74) is 5.10. The lowest BCUT2D eigenvalue weighted by Crippen LogP contribution is -2.61. The number of piperidine rings is 1. The van der Waals surface area contributed by atoms with Crippen LogP contribution in [-0.2, 0) is 24.2 Å². The first-order chi connectivity index (χ1) is 18.1. The Hall–Kier alpha value is -3.18. The van der Waals surface area contributed by atoms with Crippen LogP contribution in [0.2, 0.25) is 0 Å². The van der Waals surface area contributed by atoms with E-state index in [9.17, 15) is 9.18 Å². The van der Waals surface area contributed by atoms with Gasteiger partial charge >= 0.3 is 0 Å². The standard InChI is InChI=1S/C32H36FN3O/c33-28-12-10-26(11-13-28)22-34-18-19-36-30-9-5-4-8-27(30)21-29(31(36)23-34)32(37)35-16-14-25(15-17-35)20-24-6-2-1-3-7-24/h1-13,25,29,31H,14-23H2. The fourth-order valence-electron chi connectivity index (χ4n) is 6.63. The van der Waals surface area contributed by atoms with Crippen molar-refractivity contribution in [2.75, 3.05) is 37.6 Å². The minimum absolute atomic E-state index is 0.0309. The Labute approximate surface area is 219 Å². The maximum Gasteiger partial charge on any atom is 0.228 e. The number of hydrogen-bond acceptors (Lipinski definition) is 3. The van der Waals surface area contributed by atoms with Gasteiger partial charge in [0.05, 0.1) is 12.0 Å². The Morgan fingerprint density at radius 1 is 0.811 bits per heavy atom.